The SMILES string of the molecule is C.C.C.C.C.CCC(CC)(COC(C)=O)COC(C)=O.CCC(CC)=C(C(C)=O)C(C)=O.CCC(CC)CC(C(C)=O)C(C)=O.CCOC(CC)(C(C)=O)C(C)=O. The van der Waals surface area contributed by atoms with Crippen molar-refractivity contribution in [3.05, 3.63) is 11.1 Å². The van der Waals surface area contributed by atoms with Crippen molar-refractivity contribution in [1.29, 1.82) is 0 Å². The molecule has 0 atom stereocenters. The summed E-state index contributed by atoms with van der Waals surface area (Å²) in [5, 5.41) is 0. The summed E-state index contributed by atoms with van der Waals surface area (Å²) in [4.78, 5) is 88.2. The van der Waals surface area contributed by atoms with Gasteiger partial charge in [-0.25, -0.2) is 0 Å². The minimum absolute atomic E-state index is 0. The summed E-state index contributed by atoms with van der Waals surface area (Å²) in [7, 11) is 0. The summed E-state index contributed by atoms with van der Waals surface area (Å²) in [6.07, 6.45) is 6.42. The average Bonchev–Trinajstić information content (AvgIpc) is 3.06. The first kappa shape index (κ1) is 74.6. The number of hydrogen-bond acceptors (Lipinski definition) is 11. The highest BCUT2D eigenvalue weighted by Crippen LogP contribution is 2.27. The van der Waals surface area contributed by atoms with Crippen LogP contribution in [0.15, 0.2) is 11.1 Å². The van der Waals surface area contributed by atoms with Gasteiger partial charge in [0.05, 0.1) is 11.5 Å². The van der Waals surface area contributed by atoms with Crippen LogP contribution in [0.25, 0.3) is 0 Å². The van der Waals surface area contributed by atoms with Crippen LogP contribution in [-0.4, -0.2) is 72.1 Å². The van der Waals surface area contributed by atoms with E-state index in [9.17, 15) is 38.4 Å². The zero-order chi connectivity index (χ0) is 41.8. The molecule has 0 aromatic rings. The molecule has 0 heterocycles. The molecule has 0 rings (SSSR count). The first-order chi connectivity index (χ1) is 24.0. The van der Waals surface area contributed by atoms with Gasteiger partial charge >= 0.3 is 11.9 Å². The summed E-state index contributed by atoms with van der Waals surface area (Å²) in [6.45, 7) is 28.1. The van der Waals surface area contributed by atoms with Gasteiger partial charge in [0.15, 0.2) is 28.7 Å². The van der Waals surface area contributed by atoms with E-state index in [0.29, 0.717) is 37.7 Å². The maximum atomic E-state index is 11.2. The molecule has 0 aromatic carbocycles. The lowest BCUT2D eigenvalue weighted by atomic mass is 9.84. The molecule has 0 spiro atoms. The van der Waals surface area contributed by atoms with E-state index in [2.05, 4.69) is 13.8 Å². The van der Waals surface area contributed by atoms with Crippen molar-refractivity contribution >= 4 is 46.6 Å². The summed E-state index contributed by atoms with van der Waals surface area (Å²) in [5.74, 6) is -1.06. The van der Waals surface area contributed by atoms with Crippen molar-refractivity contribution in [2.45, 2.75) is 205 Å². The first-order valence-corrected chi connectivity index (χ1v) is 18.7. The molecule has 0 aliphatic rings. The zero-order valence-electron chi connectivity index (χ0n) is 35.4. The molecule has 11 heteroatoms. The molecule has 0 aliphatic carbocycles. The number of carbonyl (C=O) groups excluding carboxylic acids is 8. The van der Waals surface area contributed by atoms with Gasteiger partial charge in [0.25, 0.3) is 0 Å². The van der Waals surface area contributed by atoms with Crippen LogP contribution in [0.4, 0.5) is 0 Å². The van der Waals surface area contributed by atoms with Gasteiger partial charge in [-0.15, -0.1) is 0 Å². The molecule has 0 fully saturated rings. The van der Waals surface area contributed by atoms with Gasteiger partial charge < -0.3 is 14.2 Å². The van der Waals surface area contributed by atoms with E-state index in [1.54, 1.807) is 13.8 Å². The third-order valence-electron chi connectivity index (χ3n) is 9.31. The third-order valence-corrected chi connectivity index (χ3v) is 9.31. The van der Waals surface area contributed by atoms with E-state index in [1.807, 2.05) is 27.7 Å². The highest BCUT2D eigenvalue weighted by Gasteiger charge is 2.39. The third kappa shape index (κ3) is 31.3. The van der Waals surface area contributed by atoms with Crippen molar-refractivity contribution in [1.82, 2.24) is 0 Å². The van der Waals surface area contributed by atoms with Crippen molar-refractivity contribution in [2.24, 2.45) is 17.3 Å². The van der Waals surface area contributed by atoms with Crippen LogP contribution in [0.3, 0.4) is 0 Å². The molecule has 0 saturated heterocycles. The van der Waals surface area contributed by atoms with Gasteiger partial charge in [0.1, 0.15) is 24.8 Å². The molecule has 0 amide bonds. The molecule has 0 radical (unpaired) electrons. The highest BCUT2D eigenvalue weighted by molar-refractivity contribution is 6.19. The van der Waals surface area contributed by atoms with Gasteiger partial charge in [-0.1, -0.05) is 104 Å². The van der Waals surface area contributed by atoms with E-state index in [4.69, 9.17) is 14.2 Å². The Bertz CT molecular complexity index is 1100. The monoisotopic (exact) mass is 821 g/mol. The molecule has 0 saturated carbocycles. The molecule has 0 N–H and O–H groups in total. The van der Waals surface area contributed by atoms with Crippen molar-refractivity contribution < 1.29 is 52.6 Å². The maximum Gasteiger partial charge on any atom is 0.302 e. The predicted molar refractivity (Wildman–Crippen MR) is 238 cm³/mol. The second-order valence-electron chi connectivity index (χ2n) is 13.0. The normalized spacial score (nSPS) is 9.72. The maximum absolute atomic E-state index is 11.2. The Morgan fingerprint density at radius 2 is 0.842 bits per heavy atom. The largest absolute Gasteiger partial charge is 0.465 e. The van der Waals surface area contributed by atoms with Crippen molar-refractivity contribution in [3.8, 4) is 0 Å². The van der Waals surface area contributed by atoms with Crippen LogP contribution >= 0.6 is 0 Å². The standard InChI is InChI=1S/C11H20O4.C11H20O2.C10H16O2.C9H16O3.5CH4/c1-5-11(6-2,7-14-9(3)12)8-15-10(4)13;1-5-10(6-2)7-11(8(3)12)9(4)13;1-5-9(6-2)10(7(3)11)8(4)12;1-5-9(7(3)10,8(4)11)12-6-2;;;;;/h5-8H2,1-4H3;10-11H,5-7H2,1-4H3;2*5-6H2,1-4H3;5*1H4. The van der Waals surface area contributed by atoms with Crippen LogP contribution < -0.4 is 0 Å². The molecule has 57 heavy (non-hydrogen) atoms. The Morgan fingerprint density at radius 1 is 0.509 bits per heavy atom. The topological polar surface area (TPSA) is 164 Å². The summed E-state index contributed by atoms with van der Waals surface area (Å²) in [5.41, 5.74) is -0.0541. The number of hydrogen-bond donors (Lipinski definition) is 0. The lowest BCUT2D eigenvalue weighted by Crippen LogP contribution is -2.46. The van der Waals surface area contributed by atoms with Gasteiger partial charge in [-0.05, 0) is 92.9 Å². The molecule has 11 nitrogen and oxygen atoms in total. The van der Waals surface area contributed by atoms with Crippen LogP contribution in [0.1, 0.15) is 199 Å². The number of ether oxygens (including phenoxy) is 3. The summed E-state index contributed by atoms with van der Waals surface area (Å²) in [6, 6.07) is 0. The van der Waals surface area contributed by atoms with E-state index in [1.165, 1.54) is 55.4 Å². The molecule has 0 aliphatic heterocycles. The number of allylic oxidation sites excluding steroid dienone is 2. The number of carbonyl (C=O) groups is 8. The van der Waals surface area contributed by atoms with E-state index in [0.717, 1.165) is 50.5 Å². The Kier molecular flexibility index (Phi) is 53.5. The fourth-order valence-electron chi connectivity index (χ4n) is 5.43. The number of rotatable bonds is 21. The van der Waals surface area contributed by atoms with E-state index >= 15 is 0 Å². The van der Waals surface area contributed by atoms with Crippen molar-refractivity contribution in [2.75, 3.05) is 19.8 Å². The summed E-state index contributed by atoms with van der Waals surface area (Å²) < 4.78 is 15.2. The quantitative estimate of drug-likeness (QED) is 0.0468. The first-order valence-electron chi connectivity index (χ1n) is 18.7. The smallest absolute Gasteiger partial charge is 0.302 e. The summed E-state index contributed by atoms with van der Waals surface area (Å²) >= 11 is 0. The van der Waals surface area contributed by atoms with Crippen LogP contribution in [0, 0.1) is 17.3 Å². The number of ketones is 6. The molecular weight excluding hydrogens is 728 g/mol. The average molecular weight is 821 g/mol. The molecule has 0 aromatic heterocycles. The predicted octanol–water partition coefficient (Wildman–Crippen LogP) is 11.3. The number of esters is 2. The fraction of sp³-hybridized carbons (Fsp3) is 0.783. The van der Waals surface area contributed by atoms with Crippen LogP contribution in [-0.2, 0) is 52.6 Å². The molecular formula is C46H92O11. The van der Waals surface area contributed by atoms with Gasteiger partial charge in [-0.3, -0.25) is 38.4 Å². The Hall–Kier alpha value is -3.34. The minimum atomic E-state index is -1.19. The molecule has 0 unspecified atom stereocenters. The van der Waals surface area contributed by atoms with E-state index < -0.39 is 5.60 Å². The molecule has 0 bridgehead atoms. The zero-order valence-corrected chi connectivity index (χ0v) is 35.4. The number of Topliss-reactive ketones (excluding diaryl/α,β-unsaturated/α-hetero) is 6. The fourth-order valence-corrected chi connectivity index (χ4v) is 5.43. The van der Waals surface area contributed by atoms with Gasteiger partial charge in [0, 0.05) is 25.9 Å². The van der Waals surface area contributed by atoms with Gasteiger partial charge in [0.2, 0.25) is 0 Å². The Labute approximate surface area is 351 Å². The van der Waals surface area contributed by atoms with Crippen molar-refractivity contribution in [3.63, 3.8) is 0 Å². The second kappa shape index (κ2) is 40.8. The van der Waals surface area contributed by atoms with Crippen LogP contribution in [0.2, 0.25) is 0 Å². The Morgan fingerprint density at radius 3 is 0.982 bits per heavy atom. The van der Waals surface area contributed by atoms with Crippen LogP contribution in [0.5, 0.6) is 0 Å². The van der Waals surface area contributed by atoms with Gasteiger partial charge in [-0.2, -0.15) is 0 Å². The van der Waals surface area contributed by atoms with E-state index in [-0.39, 0.29) is 95.1 Å². The minimum Gasteiger partial charge on any atom is -0.465 e. The Balaban J connectivity index is -0.0000000751. The second-order valence-corrected chi connectivity index (χ2v) is 13.0. The highest BCUT2D eigenvalue weighted by atomic mass is 16.5. The lowest BCUT2D eigenvalue weighted by Gasteiger charge is -2.29. The molecule has 342 valence electrons. The lowest BCUT2D eigenvalue weighted by molar-refractivity contribution is -0.156.